The topological polar surface area (TPSA) is 79.0 Å². The summed E-state index contributed by atoms with van der Waals surface area (Å²) >= 11 is 1.33. The molecule has 0 radical (unpaired) electrons. The molecule has 7 nitrogen and oxygen atoms in total. The van der Waals surface area contributed by atoms with Crippen LogP contribution in [0.4, 0.5) is 9.18 Å². The number of methoxy groups -OCH3 is 1. The molecular weight excluding hydrogens is 445 g/mol. The quantitative estimate of drug-likeness (QED) is 0.642. The summed E-state index contributed by atoms with van der Waals surface area (Å²) in [5.41, 5.74) is 1.28. The van der Waals surface area contributed by atoms with Gasteiger partial charge in [-0.3, -0.25) is 14.5 Å². The third kappa shape index (κ3) is 5.03. The van der Waals surface area contributed by atoms with E-state index in [9.17, 15) is 18.8 Å². The van der Waals surface area contributed by atoms with E-state index in [2.05, 4.69) is 5.32 Å². The maximum atomic E-state index is 14.2. The molecule has 33 heavy (non-hydrogen) atoms. The number of amides is 4. The van der Waals surface area contributed by atoms with E-state index in [0.29, 0.717) is 12.1 Å². The maximum absolute atomic E-state index is 14.2. The van der Waals surface area contributed by atoms with Crippen molar-refractivity contribution < 1.29 is 23.5 Å². The van der Waals surface area contributed by atoms with E-state index in [1.165, 1.54) is 22.7 Å². The minimum atomic E-state index is -0.514. The van der Waals surface area contributed by atoms with Crippen molar-refractivity contribution in [2.45, 2.75) is 30.8 Å². The van der Waals surface area contributed by atoms with Crippen molar-refractivity contribution in [3.05, 3.63) is 77.0 Å². The summed E-state index contributed by atoms with van der Waals surface area (Å²) in [4.78, 5) is 41.1. The molecule has 9 heteroatoms. The van der Waals surface area contributed by atoms with Gasteiger partial charge in [-0.1, -0.05) is 36.4 Å². The van der Waals surface area contributed by atoms with Crippen LogP contribution in [0.5, 0.6) is 5.75 Å². The SMILES string of the molecule is COc1ccc(CNC(=O)CCN2C(=O)C3SC=CC3N(Cc3ccccc3F)C2=O)cc1. The van der Waals surface area contributed by atoms with Crippen LogP contribution in [-0.4, -0.2) is 52.6 Å². The van der Waals surface area contributed by atoms with Gasteiger partial charge in [-0.25, -0.2) is 9.18 Å². The molecule has 2 aromatic rings. The van der Waals surface area contributed by atoms with Crippen LogP contribution in [-0.2, 0) is 22.7 Å². The number of nitrogens with one attached hydrogen (secondary N) is 1. The molecule has 0 aromatic heterocycles. The Morgan fingerprint density at radius 3 is 2.64 bits per heavy atom. The third-order valence-corrected chi connectivity index (χ3v) is 6.75. The highest BCUT2D eigenvalue weighted by atomic mass is 32.2. The highest BCUT2D eigenvalue weighted by molar-refractivity contribution is 8.03. The normalized spacial score (nSPS) is 19.6. The van der Waals surface area contributed by atoms with E-state index >= 15 is 0 Å². The van der Waals surface area contributed by atoms with E-state index in [-0.39, 0.29) is 31.3 Å². The van der Waals surface area contributed by atoms with E-state index in [1.54, 1.807) is 48.9 Å². The number of urea groups is 1. The van der Waals surface area contributed by atoms with E-state index in [1.807, 2.05) is 12.1 Å². The number of ether oxygens (including phenoxy) is 1. The van der Waals surface area contributed by atoms with Crippen LogP contribution >= 0.6 is 11.8 Å². The first-order valence-corrected chi connectivity index (χ1v) is 11.5. The number of hydrogen-bond donors (Lipinski definition) is 1. The summed E-state index contributed by atoms with van der Waals surface area (Å²) in [5.74, 6) is -0.276. The lowest BCUT2D eigenvalue weighted by Crippen LogP contribution is -2.61. The molecule has 2 atom stereocenters. The summed E-state index contributed by atoms with van der Waals surface area (Å²) in [6.07, 6.45) is 1.78. The molecule has 0 aliphatic carbocycles. The Bertz CT molecular complexity index is 1080. The molecule has 2 aliphatic heterocycles. The molecule has 1 N–H and O–H groups in total. The van der Waals surface area contributed by atoms with Gasteiger partial charge in [0, 0.05) is 25.1 Å². The van der Waals surface area contributed by atoms with Crippen molar-refractivity contribution >= 4 is 29.6 Å². The zero-order chi connectivity index (χ0) is 23.4. The number of nitrogens with zero attached hydrogens (tertiary/aromatic N) is 2. The van der Waals surface area contributed by atoms with Crippen molar-refractivity contribution in [2.24, 2.45) is 0 Å². The summed E-state index contributed by atoms with van der Waals surface area (Å²) in [6, 6.07) is 12.6. The minimum absolute atomic E-state index is 0.0172. The third-order valence-electron chi connectivity index (χ3n) is 5.67. The number of halogens is 1. The predicted octanol–water partition coefficient (Wildman–Crippen LogP) is 3.30. The van der Waals surface area contributed by atoms with Gasteiger partial charge in [0.1, 0.15) is 16.8 Å². The van der Waals surface area contributed by atoms with Crippen LogP contribution in [0.3, 0.4) is 0 Å². The standard InChI is InChI=1S/C24H24FN3O4S/c1-32-18-8-6-16(7-9-18)14-26-21(29)10-12-27-23(30)22-20(11-13-33-22)28(24(27)31)15-17-4-2-3-5-19(17)25/h2-9,11,13,20,22H,10,12,14-15H2,1H3,(H,26,29). The number of carbonyl (C=O) groups is 3. The average molecular weight is 470 g/mol. The van der Waals surface area contributed by atoms with Gasteiger partial charge in [-0.05, 0) is 29.2 Å². The first-order valence-electron chi connectivity index (χ1n) is 10.5. The molecular formula is C24H24FN3O4S. The lowest BCUT2D eigenvalue weighted by Gasteiger charge is -2.41. The second kappa shape index (κ2) is 10.1. The average Bonchev–Trinajstić information content (AvgIpc) is 3.32. The van der Waals surface area contributed by atoms with E-state index in [4.69, 9.17) is 4.74 Å². The van der Waals surface area contributed by atoms with Crippen molar-refractivity contribution in [3.63, 3.8) is 0 Å². The molecule has 1 saturated heterocycles. The van der Waals surface area contributed by atoms with Crippen LogP contribution < -0.4 is 10.1 Å². The van der Waals surface area contributed by atoms with Crippen molar-refractivity contribution in [3.8, 4) is 5.75 Å². The number of carbonyl (C=O) groups excluding carboxylic acids is 3. The Morgan fingerprint density at radius 2 is 1.91 bits per heavy atom. The monoisotopic (exact) mass is 469 g/mol. The van der Waals surface area contributed by atoms with Gasteiger partial charge in [-0.15, -0.1) is 11.8 Å². The molecule has 4 rings (SSSR count). The highest BCUT2D eigenvalue weighted by Crippen LogP contribution is 2.35. The first-order chi connectivity index (χ1) is 16.0. The molecule has 2 aliphatic rings. The minimum Gasteiger partial charge on any atom is -0.497 e. The maximum Gasteiger partial charge on any atom is 0.327 e. The number of hydrogen-bond acceptors (Lipinski definition) is 5. The van der Waals surface area contributed by atoms with Gasteiger partial charge in [0.05, 0.1) is 19.7 Å². The van der Waals surface area contributed by atoms with Gasteiger partial charge >= 0.3 is 6.03 Å². The fourth-order valence-electron chi connectivity index (χ4n) is 3.83. The van der Waals surface area contributed by atoms with E-state index < -0.39 is 23.1 Å². The fraction of sp³-hybridized carbons (Fsp3) is 0.292. The summed E-state index contributed by atoms with van der Waals surface area (Å²) < 4.78 is 19.3. The largest absolute Gasteiger partial charge is 0.497 e. The number of benzene rings is 2. The van der Waals surface area contributed by atoms with Crippen LogP contribution in [0.2, 0.25) is 0 Å². The summed E-state index contributed by atoms with van der Waals surface area (Å²) in [7, 11) is 1.58. The van der Waals surface area contributed by atoms with Crippen molar-refractivity contribution in [2.75, 3.05) is 13.7 Å². The van der Waals surface area contributed by atoms with Crippen LogP contribution in [0.1, 0.15) is 17.5 Å². The Hall–Kier alpha value is -3.33. The second-order valence-electron chi connectivity index (χ2n) is 7.74. The van der Waals surface area contributed by atoms with Crippen molar-refractivity contribution in [1.82, 2.24) is 15.1 Å². The number of imide groups is 1. The number of rotatable bonds is 8. The number of fused-ring (bicyclic) bond motifs is 1. The molecule has 0 saturated carbocycles. The first kappa shape index (κ1) is 22.8. The Labute approximate surface area is 195 Å². The predicted molar refractivity (Wildman–Crippen MR) is 123 cm³/mol. The molecule has 172 valence electrons. The van der Waals surface area contributed by atoms with Crippen LogP contribution in [0, 0.1) is 5.82 Å². The molecule has 1 fully saturated rings. The zero-order valence-electron chi connectivity index (χ0n) is 18.1. The number of thioether (sulfide) groups is 1. The summed E-state index contributed by atoms with van der Waals surface area (Å²) in [6.45, 7) is 0.337. The lowest BCUT2D eigenvalue weighted by molar-refractivity contribution is -0.131. The highest BCUT2D eigenvalue weighted by Gasteiger charge is 2.47. The molecule has 0 bridgehead atoms. The molecule has 2 heterocycles. The van der Waals surface area contributed by atoms with Gasteiger partial charge < -0.3 is 15.0 Å². The smallest absolute Gasteiger partial charge is 0.327 e. The van der Waals surface area contributed by atoms with Gasteiger partial charge in [0.15, 0.2) is 0 Å². The zero-order valence-corrected chi connectivity index (χ0v) is 18.9. The van der Waals surface area contributed by atoms with Crippen LogP contribution in [0.25, 0.3) is 0 Å². The Balaban J connectivity index is 1.38. The van der Waals surface area contributed by atoms with Crippen molar-refractivity contribution in [1.29, 1.82) is 0 Å². The van der Waals surface area contributed by atoms with Gasteiger partial charge in [-0.2, -0.15) is 0 Å². The van der Waals surface area contributed by atoms with Gasteiger partial charge in [0.2, 0.25) is 11.8 Å². The molecule has 2 unspecified atom stereocenters. The van der Waals surface area contributed by atoms with Crippen LogP contribution in [0.15, 0.2) is 60.0 Å². The van der Waals surface area contributed by atoms with Gasteiger partial charge in [0.25, 0.3) is 0 Å². The molecule has 4 amide bonds. The Kier molecular flexibility index (Phi) is 6.98. The fourth-order valence-corrected chi connectivity index (χ4v) is 4.89. The van der Waals surface area contributed by atoms with E-state index in [0.717, 1.165) is 16.2 Å². The molecule has 2 aromatic carbocycles. The second-order valence-corrected chi connectivity index (χ2v) is 8.79. The lowest BCUT2D eigenvalue weighted by atomic mass is 10.1. The summed E-state index contributed by atoms with van der Waals surface area (Å²) in [5, 5.41) is 4.10. The Morgan fingerprint density at radius 1 is 1.15 bits per heavy atom. The molecule has 0 spiro atoms.